The molecule has 110 valence electrons. The van der Waals surface area contributed by atoms with Gasteiger partial charge in [-0.3, -0.25) is 0 Å². The third-order valence-electron chi connectivity index (χ3n) is 4.58. The summed E-state index contributed by atoms with van der Waals surface area (Å²) in [5.41, 5.74) is 3.61. The molecule has 2 heteroatoms. The van der Waals surface area contributed by atoms with Gasteiger partial charge in [0.2, 0.25) is 0 Å². The molecule has 0 spiro atoms. The summed E-state index contributed by atoms with van der Waals surface area (Å²) < 4.78 is 0. The van der Waals surface area contributed by atoms with Crippen LogP contribution in [0.4, 0.5) is 0 Å². The Morgan fingerprint density at radius 3 is 2.52 bits per heavy atom. The van der Waals surface area contributed by atoms with Crippen molar-refractivity contribution in [2.75, 3.05) is 6.61 Å². The summed E-state index contributed by atoms with van der Waals surface area (Å²) in [6, 6.07) is 19.0. The number of benzene rings is 2. The summed E-state index contributed by atoms with van der Waals surface area (Å²) in [6.45, 7) is 0.937. The third kappa shape index (κ3) is 3.02. The molecule has 1 unspecified atom stereocenters. The maximum Gasteiger partial charge on any atom is 0.0674 e. The molecule has 0 saturated heterocycles. The Morgan fingerprint density at radius 1 is 0.952 bits per heavy atom. The second-order valence-corrected chi connectivity index (χ2v) is 5.94. The van der Waals surface area contributed by atoms with Gasteiger partial charge in [-0.05, 0) is 36.0 Å². The maximum absolute atomic E-state index is 10.1. The van der Waals surface area contributed by atoms with E-state index in [1.807, 2.05) is 6.07 Å². The number of nitrogens with one attached hydrogen (secondary N) is 1. The number of rotatable bonds is 4. The van der Waals surface area contributed by atoms with Crippen molar-refractivity contribution in [3.05, 3.63) is 71.3 Å². The van der Waals surface area contributed by atoms with E-state index in [0.29, 0.717) is 0 Å². The van der Waals surface area contributed by atoms with E-state index < -0.39 is 0 Å². The van der Waals surface area contributed by atoms with E-state index in [4.69, 9.17) is 0 Å². The Kier molecular flexibility index (Phi) is 4.37. The van der Waals surface area contributed by atoms with Gasteiger partial charge in [-0.15, -0.1) is 0 Å². The van der Waals surface area contributed by atoms with Crippen molar-refractivity contribution in [3.8, 4) is 0 Å². The highest BCUT2D eigenvalue weighted by molar-refractivity contribution is 5.35. The first-order valence-corrected chi connectivity index (χ1v) is 7.82. The van der Waals surface area contributed by atoms with Crippen LogP contribution in [0.15, 0.2) is 54.6 Å². The zero-order valence-electron chi connectivity index (χ0n) is 12.4. The quantitative estimate of drug-likeness (QED) is 0.842. The Bertz CT molecular complexity index is 581. The summed E-state index contributed by atoms with van der Waals surface area (Å²) in [7, 11) is 0. The highest BCUT2D eigenvalue weighted by Crippen LogP contribution is 2.34. The van der Waals surface area contributed by atoms with Crippen molar-refractivity contribution >= 4 is 0 Å². The molecule has 0 heterocycles. The summed E-state index contributed by atoms with van der Waals surface area (Å²) in [4.78, 5) is 0. The van der Waals surface area contributed by atoms with Gasteiger partial charge in [0.05, 0.1) is 12.1 Å². The molecule has 0 aliphatic heterocycles. The number of aryl methyl sites for hydroxylation is 1. The molecule has 1 atom stereocenters. The Labute approximate surface area is 126 Å². The van der Waals surface area contributed by atoms with Gasteiger partial charge in [0.1, 0.15) is 0 Å². The smallest absolute Gasteiger partial charge is 0.0674 e. The van der Waals surface area contributed by atoms with Gasteiger partial charge in [0.25, 0.3) is 0 Å². The highest BCUT2D eigenvalue weighted by atomic mass is 16.3. The molecular formula is C19H23NO. The minimum Gasteiger partial charge on any atom is -0.394 e. The van der Waals surface area contributed by atoms with Crippen LogP contribution in [0.3, 0.4) is 0 Å². The molecule has 0 fully saturated rings. The normalized spacial score (nSPS) is 21.6. The minimum absolute atomic E-state index is 0.150. The van der Waals surface area contributed by atoms with Crippen molar-refractivity contribution in [3.63, 3.8) is 0 Å². The van der Waals surface area contributed by atoms with Crippen LogP contribution >= 0.6 is 0 Å². The van der Waals surface area contributed by atoms with Crippen molar-refractivity contribution in [2.24, 2.45) is 0 Å². The van der Waals surface area contributed by atoms with E-state index in [-0.39, 0.29) is 12.1 Å². The van der Waals surface area contributed by atoms with E-state index in [1.54, 1.807) is 0 Å². The van der Waals surface area contributed by atoms with Gasteiger partial charge >= 0.3 is 0 Å². The molecule has 3 rings (SSSR count). The van der Waals surface area contributed by atoms with E-state index >= 15 is 0 Å². The lowest BCUT2D eigenvalue weighted by Crippen LogP contribution is -2.45. The Hall–Kier alpha value is -1.64. The molecule has 2 nitrogen and oxygen atoms in total. The number of hydrogen-bond acceptors (Lipinski definition) is 2. The average molecular weight is 281 g/mol. The van der Waals surface area contributed by atoms with Gasteiger partial charge in [0, 0.05) is 6.54 Å². The van der Waals surface area contributed by atoms with Crippen molar-refractivity contribution < 1.29 is 5.11 Å². The van der Waals surface area contributed by atoms with Crippen LogP contribution in [0.25, 0.3) is 0 Å². The lowest BCUT2D eigenvalue weighted by atomic mass is 9.85. The van der Waals surface area contributed by atoms with Crippen LogP contribution in [0.1, 0.15) is 36.0 Å². The third-order valence-corrected chi connectivity index (χ3v) is 4.58. The van der Waals surface area contributed by atoms with Crippen LogP contribution < -0.4 is 5.32 Å². The van der Waals surface area contributed by atoms with E-state index in [0.717, 1.165) is 25.8 Å². The first-order chi connectivity index (χ1) is 10.3. The molecule has 0 radical (unpaired) electrons. The molecule has 0 bridgehead atoms. The first-order valence-electron chi connectivity index (χ1n) is 7.82. The summed E-state index contributed by atoms with van der Waals surface area (Å²) in [5, 5.41) is 13.8. The molecule has 0 saturated carbocycles. The topological polar surface area (TPSA) is 32.3 Å². The van der Waals surface area contributed by atoms with Crippen LogP contribution in [-0.4, -0.2) is 11.7 Å². The molecule has 1 aliphatic carbocycles. The first kappa shape index (κ1) is 14.3. The van der Waals surface area contributed by atoms with E-state index in [9.17, 15) is 5.11 Å². The predicted octanol–water partition coefficient (Wildman–Crippen LogP) is 3.39. The molecule has 2 aromatic carbocycles. The van der Waals surface area contributed by atoms with Gasteiger partial charge in [0.15, 0.2) is 0 Å². The van der Waals surface area contributed by atoms with Crippen molar-refractivity contribution in [1.29, 1.82) is 0 Å². The largest absolute Gasteiger partial charge is 0.394 e. The summed E-state index contributed by atoms with van der Waals surface area (Å²) >= 11 is 0. The molecule has 0 amide bonds. The molecule has 1 aliphatic rings. The second kappa shape index (κ2) is 6.42. The predicted molar refractivity (Wildman–Crippen MR) is 86.0 cm³/mol. The fourth-order valence-corrected chi connectivity index (χ4v) is 3.35. The molecular weight excluding hydrogens is 258 g/mol. The standard InChI is InChI=1S/C19H23NO/c21-15-19(20-14-16-8-2-1-3-9-16)13-7-6-11-17-10-4-5-12-18(17)19/h1-5,8-10,12,20-21H,6-7,11,13-15H2. The Morgan fingerprint density at radius 2 is 1.71 bits per heavy atom. The van der Waals surface area contributed by atoms with Crippen molar-refractivity contribution in [2.45, 2.75) is 37.8 Å². The average Bonchev–Trinajstić information content (AvgIpc) is 2.74. The zero-order valence-corrected chi connectivity index (χ0v) is 12.4. The van der Waals surface area contributed by atoms with Crippen LogP contribution in [0, 0.1) is 0 Å². The van der Waals surface area contributed by atoms with E-state index in [1.165, 1.54) is 23.1 Å². The van der Waals surface area contributed by atoms with Crippen LogP contribution in [0.2, 0.25) is 0 Å². The van der Waals surface area contributed by atoms with Crippen LogP contribution in [0.5, 0.6) is 0 Å². The molecule has 2 aromatic rings. The van der Waals surface area contributed by atoms with Gasteiger partial charge in [-0.25, -0.2) is 0 Å². The molecule has 2 N–H and O–H groups in total. The van der Waals surface area contributed by atoms with E-state index in [2.05, 4.69) is 53.8 Å². The van der Waals surface area contributed by atoms with Gasteiger partial charge < -0.3 is 10.4 Å². The maximum atomic E-state index is 10.1. The monoisotopic (exact) mass is 281 g/mol. The lowest BCUT2D eigenvalue weighted by Gasteiger charge is -2.34. The highest BCUT2D eigenvalue weighted by Gasteiger charge is 2.33. The SMILES string of the molecule is OCC1(NCc2ccccc2)CCCCc2ccccc21. The zero-order chi connectivity index (χ0) is 14.5. The minimum atomic E-state index is -0.303. The number of aliphatic hydroxyl groups is 1. The number of fused-ring (bicyclic) bond motifs is 1. The number of aliphatic hydroxyl groups excluding tert-OH is 1. The van der Waals surface area contributed by atoms with Gasteiger partial charge in [-0.2, -0.15) is 0 Å². The van der Waals surface area contributed by atoms with Crippen LogP contribution in [-0.2, 0) is 18.5 Å². The molecule has 21 heavy (non-hydrogen) atoms. The van der Waals surface area contributed by atoms with Crippen molar-refractivity contribution in [1.82, 2.24) is 5.32 Å². The Balaban J connectivity index is 1.88. The summed E-state index contributed by atoms with van der Waals surface area (Å²) in [6.07, 6.45) is 4.46. The fourth-order valence-electron chi connectivity index (χ4n) is 3.35. The lowest BCUT2D eigenvalue weighted by molar-refractivity contribution is 0.148. The second-order valence-electron chi connectivity index (χ2n) is 5.94. The fraction of sp³-hybridized carbons (Fsp3) is 0.368. The molecule has 0 aromatic heterocycles. The van der Waals surface area contributed by atoms with Gasteiger partial charge in [-0.1, -0.05) is 61.0 Å². The number of hydrogen-bond donors (Lipinski definition) is 2. The summed E-state index contributed by atoms with van der Waals surface area (Å²) in [5.74, 6) is 0.